The van der Waals surface area contributed by atoms with Crippen LogP contribution < -0.4 is 10.6 Å². The number of aryl methyl sites for hydroxylation is 1. The van der Waals surface area contributed by atoms with E-state index in [9.17, 15) is 4.79 Å². The van der Waals surface area contributed by atoms with Crippen molar-refractivity contribution in [3.8, 4) is 0 Å². The average Bonchev–Trinajstić information content (AvgIpc) is 2.64. The minimum atomic E-state index is -0.00226. The van der Waals surface area contributed by atoms with Crippen molar-refractivity contribution in [3.05, 3.63) is 12.2 Å². The topological polar surface area (TPSA) is 71.8 Å². The van der Waals surface area contributed by atoms with E-state index in [4.69, 9.17) is 0 Å². The Morgan fingerprint density at radius 3 is 2.94 bits per heavy atom. The lowest BCUT2D eigenvalue weighted by Gasteiger charge is -2.09. The number of nitrogens with zero attached hydrogens (tertiary/aromatic N) is 3. The number of amides is 1. The first-order valence-corrected chi connectivity index (χ1v) is 5.50. The first-order chi connectivity index (χ1) is 7.63. The Morgan fingerprint density at radius 2 is 2.31 bits per heavy atom. The van der Waals surface area contributed by atoms with Gasteiger partial charge in [-0.15, -0.1) is 0 Å². The van der Waals surface area contributed by atoms with Gasteiger partial charge < -0.3 is 10.6 Å². The van der Waals surface area contributed by atoms with Crippen LogP contribution in [0.4, 0.5) is 0 Å². The molecule has 0 aliphatic heterocycles. The van der Waals surface area contributed by atoms with Gasteiger partial charge >= 0.3 is 0 Å². The lowest BCUT2D eigenvalue weighted by molar-refractivity contribution is -0.120. The zero-order valence-electron chi connectivity index (χ0n) is 10.0. The van der Waals surface area contributed by atoms with E-state index in [0.717, 1.165) is 12.4 Å². The second-order valence-corrected chi connectivity index (χ2v) is 3.82. The molecule has 2 N–H and O–H groups in total. The summed E-state index contributed by atoms with van der Waals surface area (Å²) in [5.41, 5.74) is 0. The highest BCUT2D eigenvalue weighted by atomic mass is 16.1. The maximum absolute atomic E-state index is 11.3. The smallest absolute Gasteiger partial charge is 0.234 e. The van der Waals surface area contributed by atoms with Gasteiger partial charge in [-0.1, -0.05) is 0 Å². The van der Waals surface area contributed by atoms with Crippen molar-refractivity contribution in [1.29, 1.82) is 0 Å². The normalized spacial score (nSPS) is 10.8. The molecule has 16 heavy (non-hydrogen) atoms. The second kappa shape index (κ2) is 6.22. The highest BCUT2D eigenvalue weighted by molar-refractivity contribution is 5.78. The first kappa shape index (κ1) is 12.6. The van der Waals surface area contributed by atoms with Gasteiger partial charge in [-0.25, -0.2) is 9.67 Å². The molecule has 1 amide bonds. The van der Waals surface area contributed by atoms with E-state index in [1.807, 2.05) is 20.8 Å². The van der Waals surface area contributed by atoms with Gasteiger partial charge in [-0.05, 0) is 20.8 Å². The molecule has 1 aromatic heterocycles. The van der Waals surface area contributed by atoms with Gasteiger partial charge in [-0.3, -0.25) is 4.79 Å². The number of hydrogen-bond donors (Lipinski definition) is 2. The molecule has 0 aliphatic rings. The molecule has 1 aromatic rings. The molecule has 0 fully saturated rings. The zero-order chi connectivity index (χ0) is 12.0. The summed E-state index contributed by atoms with van der Waals surface area (Å²) in [5, 5.41) is 9.89. The lowest BCUT2D eigenvalue weighted by atomic mass is 10.4. The van der Waals surface area contributed by atoms with Crippen molar-refractivity contribution in [3.63, 3.8) is 0 Å². The Morgan fingerprint density at radius 1 is 1.56 bits per heavy atom. The largest absolute Gasteiger partial charge is 0.353 e. The predicted octanol–water partition coefficient (Wildman–Crippen LogP) is -0.0878. The van der Waals surface area contributed by atoms with Crippen molar-refractivity contribution in [2.45, 2.75) is 39.9 Å². The molecule has 0 bridgehead atoms. The minimum absolute atomic E-state index is 0.00226. The van der Waals surface area contributed by atoms with Crippen LogP contribution in [0.25, 0.3) is 0 Å². The quantitative estimate of drug-likeness (QED) is 0.710. The van der Waals surface area contributed by atoms with Crippen LogP contribution in [0, 0.1) is 0 Å². The van der Waals surface area contributed by atoms with Crippen LogP contribution >= 0.6 is 0 Å². The van der Waals surface area contributed by atoms with Crippen LogP contribution in [0.1, 0.15) is 26.6 Å². The third-order valence-electron chi connectivity index (χ3n) is 2.01. The second-order valence-electron chi connectivity index (χ2n) is 3.82. The maximum Gasteiger partial charge on any atom is 0.234 e. The van der Waals surface area contributed by atoms with Gasteiger partial charge in [0.25, 0.3) is 0 Å². The molecule has 0 unspecified atom stereocenters. The number of hydrogen-bond acceptors (Lipinski definition) is 4. The van der Waals surface area contributed by atoms with Crippen molar-refractivity contribution in [2.75, 3.05) is 6.54 Å². The minimum Gasteiger partial charge on any atom is -0.353 e. The summed E-state index contributed by atoms with van der Waals surface area (Å²) in [6.07, 6.45) is 1.52. The third-order valence-corrected chi connectivity index (χ3v) is 2.01. The van der Waals surface area contributed by atoms with Gasteiger partial charge in [0.15, 0.2) is 0 Å². The molecule has 0 aromatic carbocycles. The molecule has 6 heteroatoms. The Bertz CT molecular complexity index is 334. The van der Waals surface area contributed by atoms with Crippen molar-refractivity contribution < 1.29 is 4.79 Å². The summed E-state index contributed by atoms with van der Waals surface area (Å²) in [6, 6.07) is 0.175. The molecule has 0 saturated heterocycles. The molecule has 0 atom stereocenters. The van der Waals surface area contributed by atoms with E-state index in [1.54, 1.807) is 4.68 Å². The van der Waals surface area contributed by atoms with E-state index < -0.39 is 0 Å². The van der Waals surface area contributed by atoms with Crippen molar-refractivity contribution in [2.24, 2.45) is 0 Å². The van der Waals surface area contributed by atoms with Crippen molar-refractivity contribution in [1.82, 2.24) is 25.4 Å². The fourth-order valence-corrected chi connectivity index (χ4v) is 1.35. The van der Waals surface area contributed by atoms with E-state index >= 15 is 0 Å². The number of aromatic nitrogens is 3. The molecular weight excluding hydrogens is 206 g/mol. The van der Waals surface area contributed by atoms with Gasteiger partial charge in [0.1, 0.15) is 12.2 Å². The summed E-state index contributed by atoms with van der Waals surface area (Å²) in [5.74, 6) is 0.845. The third kappa shape index (κ3) is 3.98. The number of carbonyl (C=O) groups excluding carboxylic acids is 1. The average molecular weight is 225 g/mol. The predicted molar refractivity (Wildman–Crippen MR) is 60.7 cm³/mol. The molecule has 0 saturated carbocycles. The molecule has 90 valence electrons. The number of nitrogens with one attached hydrogen (secondary N) is 2. The summed E-state index contributed by atoms with van der Waals surface area (Å²) in [4.78, 5) is 15.4. The molecule has 0 aliphatic carbocycles. The fraction of sp³-hybridized carbons (Fsp3) is 0.700. The Hall–Kier alpha value is -1.43. The van der Waals surface area contributed by atoms with Crippen molar-refractivity contribution >= 4 is 5.91 Å². The summed E-state index contributed by atoms with van der Waals surface area (Å²) >= 11 is 0. The van der Waals surface area contributed by atoms with Gasteiger partial charge in [-0.2, -0.15) is 5.10 Å². The van der Waals surface area contributed by atoms with Crippen LogP contribution in [-0.4, -0.2) is 33.3 Å². The Kier molecular flexibility index (Phi) is 4.91. The van der Waals surface area contributed by atoms with Gasteiger partial charge in [0.05, 0.1) is 13.1 Å². The monoisotopic (exact) mass is 225 g/mol. The van der Waals surface area contributed by atoms with E-state index in [2.05, 4.69) is 20.7 Å². The van der Waals surface area contributed by atoms with Gasteiger partial charge in [0.2, 0.25) is 5.91 Å². The standard InChI is InChI=1S/C10H19N5O/c1-4-15-9(12-7-13-15)5-11-6-10(16)14-8(2)3/h7-8,11H,4-6H2,1-3H3,(H,14,16). The Balaban J connectivity index is 2.28. The highest BCUT2D eigenvalue weighted by Gasteiger charge is 2.05. The van der Waals surface area contributed by atoms with E-state index in [0.29, 0.717) is 13.1 Å². The molecular formula is C10H19N5O. The fourth-order valence-electron chi connectivity index (χ4n) is 1.35. The van der Waals surface area contributed by atoms with Crippen LogP contribution in [0.2, 0.25) is 0 Å². The van der Waals surface area contributed by atoms with Crippen LogP contribution in [0.15, 0.2) is 6.33 Å². The molecule has 0 radical (unpaired) electrons. The van der Waals surface area contributed by atoms with E-state index in [1.165, 1.54) is 6.33 Å². The summed E-state index contributed by atoms with van der Waals surface area (Å²) in [6.45, 7) is 7.52. The summed E-state index contributed by atoms with van der Waals surface area (Å²) < 4.78 is 1.80. The molecule has 0 spiro atoms. The van der Waals surface area contributed by atoms with Crippen LogP contribution in [-0.2, 0) is 17.9 Å². The number of carbonyl (C=O) groups is 1. The highest BCUT2D eigenvalue weighted by Crippen LogP contribution is 1.92. The Labute approximate surface area is 95.4 Å². The lowest BCUT2D eigenvalue weighted by Crippen LogP contribution is -2.37. The zero-order valence-corrected chi connectivity index (χ0v) is 10.0. The number of rotatable bonds is 6. The molecule has 6 nitrogen and oxygen atoms in total. The van der Waals surface area contributed by atoms with Gasteiger partial charge in [0, 0.05) is 12.6 Å². The SMILES string of the molecule is CCn1ncnc1CNCC(=O)NC(C)C. The van der Waals surface area contributed by atoms with Crippen LogP contribution in [0.3, 0.4) is 0 Å². The van der Waals surface area contributed by atoms with E-state index in [-0.39, 0.29) is 11.9 Å². The summed E-state index contributed by atoms with van der Waals surface area (Å²) in [7, 11) is 0. The van der Waals surface area contributed by atoms with Crippen LogP contribution in [0.5, 0.6) is 0 Å². The maximum atomic E-state index is 11.3. The molecule has 1 heterocycles. The molecule has 1 rings (SSSR count). The first-order valence-electron chi connectivity index (χ1n) is 5.50.